The smallest absolute Gasteiger partial charge is 0.189 e. The average Bonchev–Trinajstić information content (AvgIpc) is 3.35. The molecule has 1 aliphatic rings. The van der Waals surface area contributed by atoms with Gasteiger partial charge in [0, 0.05) is 23.7 Å². The molecule has 0 radical (unpaired) electrons. The van der Waals surface area contributed by atoms with Gasteiger partial charge < -0.3 is 15.6 Å². The molecule has 1 unspecified atom stereocenters. The number of anilines is 1. The predicted molar refractivity (Wildman–Crippen MR) is 131 cm³/mol. The van der Waals surface area contributed by atoms with E-state index in [0.717, 1.165) is 18.5 Å². The Labute approximate surface area is 202 Å². The molecule has 0 amide bonds. The van der Waals surface area contributed by atoms with Crippen molar-refractivity contribution >= 4 is 27.3 Å². The lowest BCUT2D eigenvalue weighted by Gasteiger charge is -2.22. The Morgan fingerprint density at radius 1 is 1.09 bits per heavy atom. The third-order valence-electron chi connectivity index (χ3n) is 5.86. The molecule has 3 heterocycles. The van der Waals surface area contributed by atoms with Gasteiger partial charge in [-0.3, -0.25) is 0 Å². The molecule has 1 fully saturated rings. The van der Waals surface area contributed by atoms with E-state index in [9.17, 15) is 8.42 Å². The fourth-order valence-electron chi connectivity index (χ4n) is 3.99. The van der Waals surface area contributed by atoms with Crippen molar-refractivity contribution in [2.24, 2.45) is 0 Å². The Morgan fingerprint density at radius 3 is 2.62 bits per heavy atom. The number of hydrogen-bond donors (Lipinski definition) is 2. The van der Waals surface area contributed by atoms with E-state index < -0.39 is 15.1 Å². The molecule has 34 heavy (non-hydrogen) atoms. The van der Waals surface area contributed by atoms with Gasteiger partial charge in [0.1, 0.15) is 5.69 Å². The Balaban J connectivity index is 1.44. The summed E-state index contributed by atoms with van der Waals surface area (Å²) in [6, 6.07) is 15.7. The van der Waals surface area contributed by atoms with E-state index in [4.69, 9.17) is 21.9 Å². The van der Waals surface area contributed by atoms with Gasteiger partial charge in [-0.05, 0) is 37.6 Å². The first kappa shape index (κ1) is 22.5. The molecule has 174 valence electrons. The third-order valence-corrected chi connectivity index (χ3v) is 8.40. The van der Waals surface area contributed by atoms with E-state index in [-0.39, 0.29) is 5.82 Å². The largest absolute Gasteiger partial charge is 0.382 e. The summed E-state index contributed by atoms with van der Waals surface area (Å²) in [6.45, 7) is 1.33. The normalized spacial score (nSPS) is 16.4. The van der Waals surface area contributed by atoms with Crippen molar-refractivity contribution < 1.29 is 12.9 Å². The van der Waals surface area contributed by atoms with Gasteiger partial charge in [0.05, 0.1) is 27.1 Å². The summed E-state index contributed by atoms with van der Waals surface area (Å²) in [4.78, 5) is 9.16. The zero-order chi connectivity index (χ0) is 23.7. The SMILES string of the molecule is Nc1ncc(-c2ccc(S(=O)(=O)C3CCCNC3)cc2)nc1-c1cc(-c2ccccc2Cl)no1. The van der Waals surface area contributed by atoms with Crippen molar-refractivity contribution in [2.75, 3.05) is 18.8 Å². The molecule has 0 saturated carbocycles. The first-order valence-corrected chi connectivity index (χ1v) is 12.8. The minimum atomic E-state index is -3.40. The number of hydrogen-bond acceptors (Lipinski definition) is 8. The highest BCUT2D eigenvalue weighted by atomic mass is 35.5. The van der Waals surface area contributed by atoms with Gasteiger partial charge >= 0.3 is 0 Å². The molecule has 4 aromatic rings. The molecule has 1 saturated heterocycles. The van der Waals surface area contributed by atoms with Crippen LogP contribution in [0, 0.1) is 0 Å². The Kier molecular flexibility index (Phi) is 6.07. The minimum Gasteiger partial charge on any atom is -0.382 e. The third kappa shape index (κ3) is 4.29. The first-order chi connectivity index (χ1) is 16.4. The van der Waals surface area contributed by atoms with Crippen LogP contribution in [-0.4, -0.2) is 41.9 Å². The van der Waals surface area contributed by atoms with Gasteiger partial charge in [0.15, 0.2) is 27.1 Å². The number of piperidine rings is 1. The lowest BCUT2D eigenvalue weighted by atomic mass is 10.1. The second-order valence-corrected chi connectivity index (χ2v) is 10.7. The van der Waals surface area contributed by atoms with Crippen LogP contribution >= 0.6 is 11.6 Å². The number of benzene rings is 2. The topological polar surface area (TPSA) is 124 Å². The van der Waals surface area contributed by atoms with E-state index in [1.54, 1.807) is 42.6 Å². The monoisotopic (exact) mass is 495 g/mol. The molecular formula is C24H22ClN5O3S. The van der Waals surface area contributed by atoms with Crippen molar-refractivity contribution in [3.63, 3.8) is 0 Å². The molecule has 5 rings (SSSR count). The Morgan fingerprint density at radius 2 is 1.88 bits per heavy atom. The van der Waals surface area contributed by atoms with E-state index >= 15 is 0 Å². The lowest BCUT2D eigenvalue weighted by Crippen LogP contribution is -2.38. The minimum absolute atomic E-state index is 0.189. The van der Waals surface area contributed by atoms with Crippen LogP contribution in [0.3, 0.4) is 0 Å². The number of halogens is 1. The summed E-state index contributed by atoms with van der Waals surface area (Å²) < 4.78 is 31.4. The number of aromatic nitrogens is 3. The number of rotatable bonds is 5. The molecule has 8 nitrogen and oxygen atoms in total. The van der Waals surface area contributed by atoms with Gasteiger partial charge in [0.25, 0.3) is 0 Å². The molecule has 10 heteroatoms. The number of sulfone groups is 1. The van der Waals surface area contributed by atoms with Crippen LogP contribution in [-0.2, 0) is 9.84 Å². The molecule has 2 aromatic heterocycles. The number of nitrogens with one attached hydrogen (secondary N) is 1. The Bertz CT molecular complexity index is 1430. The van der Waals surface area contributed by atoms with E-state index in [1.807, 2.05) is 18.2 Å². The van der Waals surface area contributed by atoms with E-state index in [0.29, 0.717) is 51.3 Å². The molecule has 0 aliphatic carbocycles. The summed E-state index contributed by atoms with van der Waals surface area (Å²) in [6.07, 6.45) is 3.06. The highest BCUT2D eigenvalue weighted by Gasteiger charge is 2.28. The quantitative estimate of drug-likeness (QED) is 0.421. The Hall–Kier alpha value is -3.27. The summed E-state index contributed by atoms with van der Waals surface area (Å²) in [5, 5.41) is 7.40. The first-order valence-electron chi connectivity index (χ1n) is 10.8. The molecule has 1 atom stereocenters. The van der Waals surface area contributed by atoms with Crippen molar-refractivity contribution in [3.05, 3.63) is 65.8 Å². The van der Waals surface area contributed by atoms with Crippen LogP contribution in [0.15, 0.2) is 70.2 Å². The van der Waals surface area contributed by atoms with Gasteiger partial charge in [0.2, 0.25) is 0 Å². The van der Waals surface area contributed by atoms with Gasteiger partial charge in [-0.1, -0.05) is 47.1 Å². The molecular weight excluding hydrogens is 474 g/mol. The van der Waals surface area contributed by atoms with Crippen LogP contribution in [0.4, 0.5) is 5.82 Å². The van der Waals surface area contributed by atoms with Crippen LogP contribution in [0.25, 0.3) is 34.0 Å². The maximum absolute atomic E-state index is 12.9. The highest BCUT2D eigenvalue weighted by Crippen LogP contribution is 2.32. The van der Waals surface area contributed by atoms with Crippen LogP contribution in [0.2, 0.25) is 5.02 Å². The lowest BCUT2D eigenvalue weighted by molar-refractivity contribution is 0.434. The zero-order valence-corrected chi connectivity index (χ0v) is 19.7. The van der Waals surface area contributed by atoms with Crippen LogP contribution < -0.4 is 11.1 Å². The van der Waals surface area contributed by atoms with Crippen molar-refractivity contribution in [1.29, 1.82) is 0 Å². The van der Waals surface area contributed by atoms with Gasteiger partial charge in [-0.15, -0.1) is 0 Å². The number of nitrogens with two attached hydrogens (primary N) is 1. The fourth-order valence-corrected chi connectivity index (χ4v) is 5.94. The summed E-state index contributed by atoms with van der Waals surface area (Å²) in [5.41, 5.74) is 8.93. The van der Waals surface area contributed by atoms with Gasteiger partial charge in [-0.2, -0.15) is 0 Å². The molecule has 0 spiro atoms. The summed E-state index contributed by atoms with van der Waals surface area (Å²) in [5.74, 6) is 0.542. The van der Waals surface area contributed by atoms with Crippen molar-refractivity contribution in [2.45, 2.75) is 23.0 Å². The van der Waals surface area contributed by atoms with E-state index in [1.165, 1.54) is 0 Å². The van der Waals surface area contributed by atoms with E-state index in [2.05, 4.69) is 20.4 Å². The summed E-state index contributed by atoms with van der Waals surface area (Å²) in [7, 11) is -3.40. The van der Waals surface area contributed by atoms with Gasteiger partial charge in [-0.25, -0.2) is 18.4 Å². The molecule has 1 aliphatic heterocycles. The maximum atomic E-state index is 12.9. The predicted octanol–water partition coefficient (Wildman–Crippen LogP) is 4.23. The fraction of sp³-hybridized carbons (Fsp3) is 0.208. The molecule has 0 bridgehead atoms. The second kappa shape index (κ2) is 9.17. The number of nitrogens with zero attached hydrogens (tertiary/aromatic N) is 3. The van der Waals surface area contributed by atoms with Crippen molar-refractivity contribution in [3.8, 4) is 34.0 Å². The second-order valence-electron chi connectivity index (χ2n) is 8.08. The molecule has 3 N–H and O–H groups in total. The standard InChI is InChI=1S/C24H22ClN5O3S/c25-19-6-2-1-5-18(19)20-12-22(33-30-20)23-24(26)28-14-21(29-23)15-7-9-16(10-8-15)34(31,32)17-4-3-11-27-13-17/h1-2,5-10,12,14,17,27H,3-4,11,13H2,(H2,26,28). The zero-order valence-electron chi connectivity index (χ0n) is 18.1. The highest BCUT2D eigenvalue weighted by molar-refractivity contribution is 7.92. The van der Waals surface area contributed by atoms with Crippen molar-refractivity contribution in [1.82, 2.24) is 20.4 Å². The number of nitrogen functional groups attached to an aromatic ring is 1. The average molecular weight is 496 g/mol. The van der Waals surface area contributed by atoms with Crippen LogP contribution in [0.1, 0.15) is 12.8 Å². The molecule has 2 aromatic carbocycles. The maximum Gasteiger partial charge on any atom is 0.189 e. The summed E-state index contributed by atoms with van der Waals surface area (Å²) >= 11 is 6.26. The van der Waals surface area contributed by atoms with Crippen LogP contribution in [0.5, 0.6) is 0 Å².